The van der Waals surface area contributed by atoms with E-state index in [4.69, 9.17) is 0 Å². The van der Waals surface area contributed by atoms with Crippen molar-refractivity contribution in [2.24, 2.45) is 0 Å². The summed E-state index contributed by atoms with van der Waals surface area (Å²) >= 11 is 0. The van der Waals surface area contributed by atoms with Gasteiger partial charge in [-0.1, -0.05) is 36.4 Å². The predicted octanol–water partition coefficient (Wildman–Crippen LogP) is 3.43. The molecule has 0 amide bonds. The van der Waals surface area contributed by atoms with Gasteiger partial charge in [0.25, 0.3) is 0 Å². The van der Waals surface area contributed by atoms with Gasteiger partial charge in [0.15, 0.2) is 5.60 Å². The number of rotatable bonds is 3. The molecule has 1 aliphatic rings. The first-order chi connectivity index (χ1) is 9.81. The molecule has 0 aromatic heterocycles. The normalized spacial score (nSPS) is 22.5. The maximum atomic E-state index is 13.2. The zero-order valence-corrected chi connectivity index (χ0v) is 11.1. The number of hydrogen-bond donors (Lipinski definition) is 1. The minimum Gasteiger partial charge on any atom is -0.478 e. The highest BCUT2D eigenvalue weighted by Crippen LogP contribution is 2.44. The van der Waals surface area contributed by atoms with Crippen molar-refractivity contribution in [2.75, 3.05) is 7.11 Å². The topological polar surface area (TPSA) is 46.5 Å². The summed E-state index contributed by atoms with van der Waals surface area (Å²) in [6, 6.07) is 8.42. The van der Waals surface area contributed by atoms with Gasteiger partial charge in [-0.15, -0.1) is 0 Å². The molecule has 3 nitrogen and oxygen atoms in total. The minimum absolute atomic E-state index is 0.264. The van der Waals surface area contributed by atoms with Crippen molar-refractivity contribution in [1.82, 2.24) is 0 Å². The average molecular weight is 298 g/mol. The summed E-state index contributed by atoms with van der Waals surface area (Å²) in [4.78, 5) is 11.4. The number of halogens is 3. The number of carboxylic acid groups (broad SMARTS) is 1. The van der Waals surface area contributed by atoms with Crippen LogP contribution in [0.25, 0.3) is 5.57 Å². The fourth-order valence-electron chi connectivity index (χ4n) is 2.26. The van der Waals surface area contributed by atoms with Gasteiger partial charge < -0.3 is 9.84 Å². The summed E-state index contributed by atoms with van der Waals surface area (Å²) in [7, 11) is 0.921. The van der Waals surface area contributed by atoms with Gasteiger partial charge in [-0.05, 0) is 17.2 Å². The van der Waals surface area contributed by atoms with Crippen molar-refractivity contribution in [2.45, 2.75) is 18.2 Å². The SMILES string of the molecule is COC1(C(F)(F)F)C=CC(c2ccccc2)=C(C(=O)O)C1. The van der Waals surface area contributed by atoms with E-state index in [0.717, 1.165) is 13.2 Å². The number of carbonyl (C=O) groups is 1. The highest BCUT2D eigenvalue weighted by Gasteiger charge is 2.55. The highest BCUT2D eigenvalue weighted by molar-refractivity contribution is 6.00. The van der Waals surface area contributed by atoms with Crippen LogP contribution in [0.3, 0.4) is 0 Å². The van der Waals surface area contributed by atoms with Crippen molar-refractivity contribution < 1.29 is 27.8 Å². The number of carboxylic acids is 1. The highest BCUT2D eigenvalue weighted by atomic mass is 19.4. The van der Waals surface area contributed by atoms with Gasteiger partial charge in [0.2, 0.25) is 0 Å². The minimum atomic E-state index is -4.69. The molecule has 1 unspecified atom stereocenters. The lowest BCUT2D eigenvalue weighted by Crippen LogP contribution is -2.47. The molecule has 0 aliphatic heterocycles. The third-order valence-corrected chi connectivity index (χ3v) is 3.47. The number of ether oxygens (including phenoxy) is 1. The van der Waals surface area contributed by atoms with Crippen molar-refractivity contribution in [3.63, 3.8) is 0 Å². The number of allylic oxidation sites excluding steroid dienone is 2. The zero-order valence-electron chi connectivity index (χ0n) is 11.1. The van der Waals surface area contributed by atoms with E-state index in [1.54, 1.807) is 30.3 Å². The van der Waals surface area contributed by atoms with Crippen LogP contribution in [-0.2, 0) is 9.53 Å². The molecule has 0 heterocycles. The first kappa shape index (κ1) is 15.3. The quantitative estimate of drug-likeness (QED) is 0.930. The second-order valence-corrected chi connectivity index (χ2v) is 4.66. The van der Waals surface area contributed by atoms with Crippen LogP contribution in [0.4, 0.5) is 13.2 Å². The second kappa shape index (κ2) is 5.37. The Morgan fingerprint density at radius 2 is 1.90 bits per heavy atom. The largest absolute Gasteiger partial charge is 0.478 e. The third-order valence-electron chi connectivity index (χ3n) is 3.47. The van der Waals surface area contributed by atoms with E-state index in [1.807, 2.05) is 0 Å². The van der Waals surface area contributed by atoms with Crippen molar-refractivity contribution in [3.05, 3.63) is 53.6 Å². The maximum absolute atomic E-state index is 13.2. The molecule has 0 bridgehead atoms. The molecule has 0 saturated heterocycles. The summed E-state index contributed by atoms with van der Waals surface area (Å²) in [5.41, 5.74) is -2.10. The Hall–Kier alpha value is -2.08. The predicted molar refractivity (Wildman–Crippen MR) is 70.5 cm³/mol. The van der Waals surface area contributed by atoms with Crippen LogP contribution in [0.5, 0.6) is 0 Å². The molecule has 1 atom stereocenters. The molecule has 21 heavy (non-hydrogen) atoms. The van der Waals surface area contributed by atoms with Gasteiger partial charge in [0.1, 0.15) is 0 Å². The van der Waals surface area contributed by atoms with Gasteiger partial charge >= 0.3 is 12.1 Å². The van der Waals surface area contributed by atoms with E-state index in [0.29, 0.717) is 5.56 Å². The van der Waals surface area contributed by atoms with E-state index in [1.165, 1.54) is 6.08 Å². The van der Waals surface area contributed by atoms with E-state index in [2.05, 4.69) is 4.74 Å². The van der Waals surface area contributed by atoms with Gasteiger partial charge in [0.05, 0.1) is 0 Å². The summed E-state index contributed by atoms with van der Waals surface area (Å²) in [5, 5.41) is 9.25. The van der Waals surface area contributed by atoms with Crippen LogP contribution in [0.2, 0.25) is 0 Å². The van der Waals surface area contributed by atoms with Gasteiger partial charge in [-0.3, -0.25) is 0 Å². The van der Waals surface area contributed by atoms with Gasteiger partial charge in [0, 0.05) is 19.1 Å². The molecular weight excluding hydrogens is 285 g/mol. The molecule has 1 aromatic carbocycles. The molecule has 1 aromatic rings. The maximum Gasteiger partial charge on any atom is 0.421 e. The number of hydrogen-bond acceptors (Lipinski definition) is 2. The first-order valence-corrected chi connectivity index (χ1v) is 6.14. The lowest BCUT2D eigenvalue weighted by atomic mass is 9.83. The fraction of sp³-hybridized carbons (Fsp3) is 0.267. The molecule has 1 aliphatic carbocycles. The zero-order chi connectivity index (χ0) is 15.7. The Labute approximate surface area is 119 Å². The van der Waals surface area contributed by atoms with Crippen LogP contribution in [0.1, 0.15) is 12.0 Å². The van der Waals surface area contributed by atoms with Gasteiger partial charge in [-0.2, -0.15) is 13.2 Å². The van der Waals surface area contributed by atoms with Crippen LogP contribution in [0, 0.1) is 0 Å². The summed E-state index contributed by atoms with van der Waals surface area (Å²) in [6.45, 7) is 0. The number of aliphatic carboxylic acids is 1. The fourth-order valence-corrected chi connectivity index (χ4v) is 2.26. The van der Waals surface area contributed by atoms with Crippen LogP contribution in [0.15, 0.2) is 48.1 Å². The molecule has 2 rings (SSSR count). The molecule has 1 N–H and O–H groups in total. The molecule has 0 radical (unpaired) electrons. The number of alkyl halides is 3. The standard InChI is InChI=1S/C15H13F3O3/c1-21-14(15(16,17)18)8-7-11(12(9-14)13(19)20)10-5-3-2-4-6-10/h2-8H,9H2,1H3,(H,19,20). The summed E-state index contributed by atoms with van der Waals surface area (Å²) < 4.78 is 44.1. The summed E-state index contributed by atoms with van der Waals surface area (Å²) in [5.74, 6) is -1.39. The Morgan fingerprint density at radius 1 is 1.29 bits per heavy atom. The molecule has 112 valence electrons. The number of methoxy groups -OCH3 is 1. The van der Waals surface area contributed by atoms with E-state index >= 15 is 0 Å². The van der Waals surface area contributed by atoms with Crippen LogP contribution in [-0.4, -0.2) is 30.0 Å². The Balaban J connectivity index is 2.53. The molecule has 0 fully saturated rings. The monoisotopic (exact) mass is 298 g/mol. The van der Waals surface area contributed by atoms with Crippen molar-refractivity contribution in [1.29, 1.82) is 0 Å². The smallest absolute Gasteiger partial charge is 0.421 e. The van der Waals surface area contributed by atoms with Crippen molar-refractivity contribution in [3.8, 4) is 0 Å². The Morgan fingerprint density at radius 3 is 2.38 bits per heavy atom. The van der Waals surface area contributed by atoms with E-state index < -0.39 is 24.2 Å². The van der Waals surface area contributed by atoms with E-state index in [-0.39, 0.29) is 11.1 Å². The first-order valence-electron chi connectivity index (χ1n) is 6.14. The van der Waals surface area contributed by atoms with Crippen molar-refractivity contribution >= 4 is 11.5 Å². The van der Waals surface area contributed by atoms with Crippen LogP contribution >= 0.6 is 0 Å². The second-order valence-electron chi connectivity index (χ2n) is 4.66. The lowest BCUT2D eigenvalue weighted by molar-refractivity contribution is -0.249. The lowest BCUT2D eigenvalue weighted by Gasteiger charge is -2.34. The van der Waals surface area contributed by atoms with Gasteiger partial charge in [-0.25, -0.2) is 4.79 Å². The average Bonchev–Trinajstić information content (AvgIpc) is 2.46. The Bertz CT molecular complexity index is 602. The third kappa shape index (κ3) is 2.71. The summed E-state index contributed by atoms with van der Waals surface area (Å²) in [6.07, 6.45) is -3.41. The van der Waals surface area contributed by atoms with Crippen LogP contribution < -0.4 is 0 Å². The molecule has 0 saturated carbocycles. The number of benzene rings is 1. The molecular formula is C15H13F3O3. The molecule has 0 spiro atoms. The Kier molecular flexibility index (Phi) is 3.91. The molecule has 6 heteroatoms. The van der Waals surface area contributed by atoms with E-state index in [9.17, 15) is 23.1 Å².